The minimum Gasteiger partial charge on any atom is -0.442 e. The minimum absolute atomic E-state index is 0.146. The van der Waals surface area contributed by atoms with E-state index in [4.69, 9.17) is 9.57 Å². The second-order valence-corrected chi connectivity index (χ2v) is 15.5. The zero-order valence-electron chi connectivity index (χ0n) is 25.4. The molecule has 3 saturated carbocycles. The molecule has 2 spiro atoms. The maximum atomic E-state index is 13.8. The number of aliphatic hydroxyl groups excluding tert-OH is 1. The van der Waals surface area contributed by atoms with Gasteiger partial charge in [-0.2, -0.15) is 5.06 Å². The predicted octanol–water partition coefficient (Wildman–Crippen LogP) is 7.69. The molecule has 6 aliphatic rings. The van der Waals surface area contributed by atoms with Crippen LogP contribution >= 0.6 is 0 Å². The molecule has 1 N–H and O–H groups in total. The summed E-state index contributed by atoms with van der Waals surface area (Å²) in [5.41, 5.74) is -1.81. The molecule has 214 valence electrons. The third kappa shape index (κ3) is 3.96. The van der Waals surface area contributed by atoms with Gasteiger partial charge in [0.2, 0.25) is 0 Å². The molecule has 4 aliphatic carbocycles. The van der Waals surface area contributed by atoms with E-state index in [1.807, 2.05) is 20.8 Å². The van der Waals surface area contributed by atoms with Crippen LogP contribution in [0.5, 0.6) is 0 Å². The fourth-order valence-electron chi connectivity index (χ4n) is 9.57. The van der Waals surface area contributed by atoms with Gasteiger partial charge in [-0.05, 0) is 88.4 Å². The summed E-state index contributed by atoms with van der Waals surface area (Å²) in [6.45, 7) is 19.9. The van der Waals surface area contributed by atoms with Gasteiger partial charge < -0.3 is 9.84 Å². The Bertz CT molecular complexity index is 997. The molecule has 38 heavy (non-hydrogen) atoms. The normalized spacial score (nSPS) is 45.6. The quantitative estimate of drug-likeness (QED) is 0.381. The highest BCUT2D eigenvalue weighted by Crippen LogP contribution is 2.73. The number of allylic oxidation sites excluding steroid dienone is 2. The Morgan fingerprint density at radius 2 is 1.74 bits per heavy atom. The van der Waals surface area contributed by atoms with E-state index in [0.29, 0.717) is 41.9 Å². The molecular weight excluding hydrogens is 474 g/mol. The average Bonchev–Trinajstić information content (AvgIpc) is 3.18. The largest absolute Gasteiger partial charge is 0.442 e. The topological polar surface area (TPSA) is 59.0 Å². The number of fused-ring (bicyclic) bond motifs is 2. The predicted molar refractivity (Wildman–Crippen MR) is 151 cm³/mol. The van der Waals surface area contributed by atoms with Crippen molar-refractivity contribution >= 4 is 6.09 Å². The summed E-state index contributed by atoms with van der Waals surface area (Å²) in [5.74, 6) is 3.01. The fraction of sp³-hybridized carbons (Fsp3) is 0.848. The monoisotopic (exact) mass is 527 g/mol. The summed E-state index contributed by atoms with van der Waals surface area (Å²) in [4.78, 5) is 20.8. The van der Waals surface area contributed by atoms with Crippen LogP contribution in [0, 0.1) is 46.3 Å². The number of ether oxygens (including phenoxy) is 1. The number of nitrogens with zero attached hydrogens (tertiary/aromatic N) is 1. The van der Waals surface area contributed by atoms with E-state index < -0.39 is 28.9 Å². The molecule has 0 aromatic rings. The van der Waals surface area contributed by atoms with E-state index in [1.54, 1.807) is 5.06 Å². The number of amides is 1. The summed E-state index contributed by atoms with van der Waals surface area (Å²) < 4.78 is 5.94. The van der Waals surface area contributed by atoms with Crippen molar-refractivity contribution in [3.63, 3.8) is 0 Å². The number of aliphatic hydroxyl groups is 1. The van der Waals surface area contributed by atoms with Crippen LogP contribution in [0.3, 0.4) is 0 Å². The molecule has 5 nitrogen and oxygen atoms in total. The zero-order chi connectivity index (χ0) is 27.9. The van der Waals surface area contributed by atoms with E-state index in [-0.39, 0.29) is 10.8 Å². The molecule has 1 unspecified atom stereocenters. The first kappa shape index (κ1) is 28.2. The second-order valence-electron chi connectivity index (χ2n) is 15.5. The van der Waals surface area contributed by atoms with Crippen molar-refractivity contribution in [1.29, 1.82) is 0 Å². The van der Waals surface area contributed by atoms with Crippen LogP contribution in [0.25, 0.3) is 0 Å². The lowest BCUT2D eigenvalue weighted by atomic mass is 9.41. The Labute approximate surface area is 231 Å². The minimum atomic E-state index is -0.672. The van der Waals surface area contributed by atoms with Crippen LogP contribution in [-0.2, 0) is 9.57 Å². The lowest BCUT2D eigenvalue weighted by Crippen LogP contribution is -2.79. The maximum absolute atomic E-state index is 13.8. The van der Waals surface area contributed by atoms with Crippen molar-refractivity contribution in [3.05, 3.63) is 24.3 Å². The highest BCUT2D eigenvalue weighted by Gasteiger charge is 2.76. The van der Waals surface area contributed by atoms with Crippen LogP contribution in [0.2, 0.25) is 0 Å². The molecule has 1 amide bonds. The Morgan fingerprint density at radius 1 is 1.03 bits per heavy atom. The Hall–Kier alpha value is -1.33. The van der Waals surface area contributed by atoms with E-state index in [2.05, 4.69) is 65.8 Å². The van der Waals surface area contributed by atoms with E-state index in [9.17, 15) is 9.90 Å². The first-order chi connectivity index (χ1) is 17.6. The van der Waals surface area contributed by atoms with E-state index >= 15 is 0 Å². The number of hydrogen-bond acceptors (Lipinski definition) is 4. The number of carbonyl (C=O) groups excluding carboxylic acids is 1. The molecule has 2 bridgehead atoms. The SMILES string of the molecule is CC(C)[C@@H](C)/C=C/[C@@H](C)[C@H]1CC[C@@H]2[C@]1(C)CCC1[C@]23C=C[C@]2(C[C@@H](O)CC[C@]12C)N(C(=O)OC(C)(C)C)O3. The maximum Gasteiger partial charge on any atom is 0.435 e. The highest BCUT2D eigenvalue weighted by atomic mass is 16.8. The van der Waals surface area contributed by atoms with Crippen LogP contribution in [0.15, 0.2) is 24.3 Å². The third-order valence-corrected chi connectivity index (χ3v) is 12.0. The summed E-state index contributed by atoms with van der Waals surface area (Å²) >= 11 is 0. The lowest BCUT2D eigenvalue weighted by Gasteiger charge is -2.72. The molecule has 6 rings (SSSR count). The van der Waals surface area contributed by atoms with Crippen LogP contribution in [0.4, 0.5) is 4.79 Å². The molecule has 2 aliphatic heterocycles. The van der Waals surface area contributed by atoms with Gasteiger partial charge in [0.25, 0.3) is 0 Å². The molecule has 5 heteroatoms. The van der Waals surface area contributed by atoms with Gasteiger partial charge >= 0.3 is 6.09 Å². The standard InChI is InChI=1S/C33H53NO4/c1-21(2)22(3)10-11-23(4)25-12-13-26-30(25,8)16-15-27-31(9)17-14-24(35)20-32(31)18-19-33(26,27)38-34(32)28(36)37-29(5,6)7/h10-11,18-19,21-27,35H,12-17,20H2,1-9H3/b11-10+/t22-,23+,24-,25+,26+,27?,30+,31+,32+,33-/m0/s1. The molecule has 10 atom stereocenters. The smallest absolute Gasteiger partial charge is 0.435 e. The Balaban J connectivity index is 1.53. The van der Waals surface area contributed by atoms with Gasteiger partial charge in [-0.25, -0.2) is 4.79 Å². The number of hydrogen-bond donors (Lipinski definition) is 1. The number of carbonyl (C=O) groups is 1. The first-order valence-corrected chi connectivity index (χ1v) is 15.4. The van der Waals surface area contributed by atoms with Gasteiger partial charge in [-0.15, -0.1) is 0 Å². The van der Waals surface area contributed by atoms with Crippen LogP contribution in [-0.4, -0.2) is 39.1 Å². The Morgan fingerprint density at radius 3 is 2.39 bits per heavy atom. The number of hydroxylamine groups is 2. The van der Waals surface area contributed by atoms with Crippen molar-refractivity contribution in [1.82, 2.24) is 5.06 Å². The van der Waals surface area contributed by atoms with E-state index in [0.717, 1.165) is 25.7 Å². The summed E-state index contributed by atoms with van der Waals surface area (Å²) in [5, 5.41) is 12.4. The molecule has 4 fully saturated rings. The van der Waals surface area contributed by atoms with Gasteiger partial charge in [-0.3, -0.25) is 4.84 Å². The van der Waals surface area contributed by atoms with Gasteiger partial charge in [-0.1, -0.05) is 65.8 Å². The van der Waals surface area contributed by atoms with Crippen molar-refractivity contribution in [3.8, 4) is 0 Å². The average molecular weight is 528 g/mol. The summed E-state index contributed by atoms with van der Waals surface area (Å²) in [6.07, 6.45) is 15.4. The summed E-state index contributed by atoms with van der Waals surface area (Å²) in [7, 11) is 0. The van der Waals surface area contributed by atoms with Crippen molar-refractivity contribution in [2.45, 2.75) is 130 Å². The fourth-order valence-corrected chi connectivity index (χ4v) is 9.57. The lowest BCUT2D eigenvalue weighted by molar-refractivity contribution is -0.386. The second kappa shape index (κ2) is 9.09. The van der Waals surface area contributed by atoms with Gasteiger partial charge in [0.15, 0.2) is 0 Å². The third-order valence-electron chi connectivity index (χ3n) is 12.0. The molecule has 2 heterocycles. The summed E-state index contributed by atoms with van der Waals surface area (Å²) in [6, 6.07) is 0. The van der Waals surface area contributed by atoms with Gasteiger partial charge in [0.05, 0.1) is 6.10 Å². The van der Waals surface area contributed by atoms with Crippen molar-refractivity contribution < 1.29 is 19.5 Å². The first-order valence-electron chi connectivity index (χ1n) is 15.4. The van der Waals surface area contributed by atoms with E-state index in [1.165, 1.54) is 12.8 Å². The van der Waals surface area contributed by atoms with Gasteiger partial charge in [0.1, 0.15) is 16.7 Å². The van der Waals surface area contributed by atoms with Crippen LogP contribution < -0.4 is 0 Å². The molecule has 0 aromatic carbocycles. The van der Waals surface area contributed by atoms with Crippen LogP contribution in [0.1, 0.15) is 107 Å². The Kier molecular flexibility index (Phi) is 6.75. The number of rotatable bonds is 4. The zero-order valence-corrected chi connectivity index (χ0v) is 25.4. The molecule has 1 saturated heterocycles. The highest BCUT2D eigenvalue weighted by molar-refractivity contribution is 5.70. The molecule has 0 radical (unpaired) electrons. The molecular formula is C33H53NO4. The molecule has 0 aromatic heterocycles. The van der Waals surface area contributed by atoms with Gasteiger partial charge in [0, 0.05) is 23.7 Å². The van der Waals surface area contributed by atoms with Crippen molar-refractivity contribution in [2.75, 3.05) is 0 Å². The van der Waals surface area contributed by atoms with Crippen molar-refractivity contribution in [2.24, 2.45) is 46.3 Å².